The van der Waals surface area contributed by atoms with Crippen LogP contribution in [0.25, 0.3) is 23.1 Å². The van der Waals surface area contributed by atoms with Crippen LogP contribution in [-0.4, -0.2) is 22.2 Å². The summed E-state index contributed by atoms with van der Waals surface area (Å²) in [5, 5.41) is 10.2. The lowest BCUT2D eigenvalue weighted by Crippen LogP contribution is -2.23. The average molecular weight is 425 g/mol. The van der Waals surface area contributed by atoms with E-state index in [0.29, 0.717) is 11.5 Å². The van der Waals surface area contributed by atoms with Gasteiger partial charge in [-0.2, -0.15) is 0 Å². The molecule has 0 fully saturated rings. The van der Waals surface area contributed by atoms with Crippen LogP contribution in [0.2, 0.25) is 0 Å². The summed E-state index contributed by atoms with van der Waals surface area (Å²) in [6.45, 7) is 1.77. The van der Waals surface area contributed by atoms with Gasteiger partial charge >= 0.3 is 5.97 Å². The molecular formula is C27H23NO4. The van der Waals surface area contributed by atoms with E-state index in [1.54, 1.807) is 12.1 Å². The average Bonchev–Trinajstić information content (AvgIpc) is 2.82. The number of rotatable bonds is 8. The number of carboxylic acid groups (broad SMARTS) is 1. The Labute approximate surface area is 186 Å². The second-order valence-electron chi connectivity index (χ2n) is 7.33. The highest BCUT2D eigenvalue weighted by Gasteiger charge is 2.14. The van der Waals surface area contributed by atoms with Crippen molar-refractivity contribution in [2.75, 3.05) is 0 Å². The molecule has 0 radical (unpaired) electrons. The molecule has 5 heteroatoms. The summed E-state index contributed by atoms with van der Waals surface area (Å²) in [5.74, 6) is 0.196. The number of aliphatic carboxylic acids is 1. The third-order valence-corrected chi connectivity index (χ3v) is 4.94. The van der Waals surface area contributed by atoms with Gasteiger partial charge in [-0.25, -0.2) is 9.78 Å². The SMILES string of the molecule is CC(Oc1ccccc1COc1cccc(/C=C/c2ccc3ccccc3n2)c1)C(=O)O. The second-order valence-corrected chi connectivity index (χ2v) is 7.33. The number of carboxylic acids is 1. The van der Waals surface area contributed by atoms with Crippen LogP contribution in [0.5, 0.6) is 11.5 Å². The molecule has 4 aromatic rings. The molecule has 32 heavy (non-hydrogen) atoms. The van der Waals surface area contributed by atoms with Crippen LogP contribution < -0.4 is 9.47 Å². The summed E-state index contributed by atoms with van der Waals surface area (Å²) in [6.07, 6.45) is 3.03. The van der Waals surface area contributed by atoms with Gasteiger partial charge in [0, 0.05) is 10.9 Å². The van der Waals surface area contributed by atoms with Crippen LogP contribution in [0.4, 0.5) is 0 Å². The first kappa shape index (κ1) is 21.1. The van der Waals surface area contributed by atoms with Crippen molar-refractivity contribution in [2.45, 2.75) is 19.6 Å². The van der Waals surface area contributed by atoms with Gasteiger partial charge in [0.1, 0.15) is 18.1 Å². The molecule has 1 unspecified atom stereocenters. The fraction of sp³-hybridized carbons (Fsp3) is 0.111. The molecule has 160 valence electrons. The van der Waals surface area contributed by atoms with Crippen molar-refractivity contribution in [3.8, 4) is 11.5 Å². The maximum atomic E-state index is 11.1. The fourth-order valence-corrected chi connectivity index (χ4v) is 3.20. The molecular weight excluding hydrogens is 402 g/mol. The summed E-state index contributed by atoms with van der Waals surface area (Å²) in [7, 11) is 0. The maximum Gasteiger partial charge on any atom is 0.344 e. The van der Waals surface area contributed by atoms with E-state index in [2.05, 4.69) is 11.1 Å². The van der Waals surface area contributed by atoms with Gasteiger partial charge in [-0.3, -0.25) is 0 Å². The van der Waals surface area contributed by atoms with Gasteiger partial charge in [-0.05, 0) is 48.9 Å². The van der Waals surface area contributed by atoms with Crippen molar-refractivity contribution in [2.24, 2.45) is 0 Å². The maximum absolute atomic E-state index is 11.1. The Morgan fingerprint density at radius 2 is 1.78 bits per heavy atom. The lowest BCUT2D eigenvalue weighted by Gasteiger charge is -2.15. The van der Waals surface area contributed by atoms with Crippen LogP contribution >= 0.6 is 0 Å². The Bertz CT molecular complexity index is 1270. The summed E-state index contributed by atoms with van der Waals surface area (Å²) >= 11 is 0. The van der Waals surface area contributed by atoms with Crippen molar-refractivity contribution >= 4 is 29.0 Å². The molecule has 0 saturated heterocycles. The zero-order valence-corrected chi connectivity index (χ0v) is 17.6. The molecule has 0 saturated carbocycles. The van der Waals surface area contributed by atoms with E-state index in [1.807, 2.05) is 78.9 Å². The van der Waals surface area contributed by atoms with E-state index in [4.69, 9.17) is 14.6 Å². The van der Waals surface area contributed by atoms with E-state index < -0.39 is 12.1 Å². The predicted molar refractivity (Wildman–Crippen MR) is 126 cm³/mol. The molecule has 5 nitrogen and oxygen atoms in total. The lowest BCUT2D eigenvalue weighted by atomic mass is 10.1. The third-order valence-electron chi connectivity index (χ3n) is 4.94. The number of ether oxygens (including phenoxy) is 2. The third kappa shape index (κ3) is 5.32. The van der Waals surface area contributed by atoms with E-state index in [0.717, 1.165) is 27.7 Å². The minimum absolute atomic E-state index is 0.266. The minimum atomic E-state index is -1.01. The van der Waals surface area contributed by atoms with Crippen molar-refractivity contribution in [1.82, 2.24) is 4.98 Å². The number of hydrogen-bond donors (Lipinski definition) is 1. The van der Waals surface area contributed by atoms with E-state index >= 15 is 0 Å². The molecule has 4 rings (SSSR count). The van der Waals surface area contributed by atoms with Gasteiger partial charge in [0.2, 0.25) is 0 Å². The Hall–Kier alpha value is -4.12. The summed E-state index contributed by atoms with van der Waals surface area (Å²) in [4.78, 5) is 15.8. The summed E-state index contributed by atoms with van der Waals surface area (Å²) in [6, 6.07) is 27.1. The largest absolute Gasteiger partial charge is 0.489 e. The first-order valence-corrected chi connectivity index (χ1v) is 10.3. The predicted octanol–water partition coefficient (Wildman–Crippen LogP) is 5.84. The molecule has 0 spiro atoms. The van der Waals surface area contributed by atoms with E-state index in [9.17, 15) is 4.79 Å². The number of fused-ring (bicyclic) bond motifs is 1. The van der Waals surface area contributed by atoms with Crippen LogP contribution in [0, 0.1) is 0 Å². The Kier molecular flexibility index (Phi) is 6.46. The zero-order valence-electron chi connectivity index (χ0n) is 17.6. The second kappa shape index (κ2) is 9.79. The van der Waals surface area contributed by atoms with Gasteiger partial charge in [0.05, 0.1) is 11.2 Å². The summed E-state index contributed by atoms with van der Waals surface area (Å²) in [5.41, 5.74) is 3.61. The molecule has 1 aromatic heterocycles. The Morgan fingerprint density at radius 3 is 2.66 bits per heavy atom. The first-order chi connectivity index (χ1) is 15.6. The number of benzene rings is 3. The van der Waals surface area contributed by atoms with E-state index in [-0.39, 0.29) is 6.61 Å². The van der Waals surface area contributed by atoms with Gasteiger partial charge in [0.25, 0.3) is 0 Å². The van der Waals surface area contributed by atoms with Crippen LogP contribution in [0.1, 0.15) is 23.7 Å². The van der Waals surface area contributed by atoms with Crippen molar-refractivity contribution < 1.29 is 19.4 Å². The molecule has 1 atom stereocenters. The topological polar surface area (TPSA) is 68.7 Å². The Balaban J connectivity index is 1.44. The van der Waals surface area contributed by atoms with Gasteiger partial charge in [-0.15, -0.1) is 0 Å². The molecule has 0 amide bonds. The number of aromatic nitrogens is 1. The number of para-hydroxylation sites is 2. The quantitative estimate of drug-likeness (QED) is 0.384. The first-order valence-electron chi connectivity index (χ1n) is 10.3. The molecule has 1 N–H and O–H groups in total. The monoisotopic (exact) mass is 425 g/mol. The van der Waals surface area contributed by atoms with Crippen LogP contribution in [0.15, 0.2) is 84.9 Å². The highest BCUT2D eigenvalue weighted by atomic mass is 16.5. The number of carbonyl (C=O) groups is 1. The van der Waals surface area contributed by atoms with Crippen LogP contribution in [-0.2, 0) is 11.4 Å². The van der Waals surface area contributed by atoms with Gasteiger partial charge in [-0.1, -0.05) is 60.7 Å². The molecule has 1 heterocycles. The fourth-order valence-electron chi connectivity index (χ4n) is 3.20. The normalized spacial score (nSPS) is 12.0. The zero-order chi connectivity index (χ0) is 22.3. The molecule has 0 aliphatic heterocycles. The number of nitrogens with zero attached hydrogens (tertiary/aromatic N) is 1. The van der Waals surface area contributed by atoms with Crippen LogP contribution in [0.3, 0.4) is 0 Å². The Morgan fingerprint density at radius 1 is 0.969 bits per heavy atom. The highest BCUT2D eigenvalue weighted by molar-refractivity contribution is 5.80. The lowest BCUT2D eigenvalue weighted by molar-refractivity contribution is -0.144. The molecule has 0 aliphatic carbocycles. The molecule has 3 aromatic carbocycles. The molecule has 0 aliphatic rings. The van der Waals surface area contributed by atoms with Crippen molar-refractivity contribution in [1.29, 1.82) is 0 Å². The van der Waals surface area contributed by atoms with Gasteiger partial charge < -0.3 is 14.6 Å². The number of hydrogen-bond acceptors (Lipinski definition) is 4. The van der Waals surface area contributed by atoms with Crippen molar-refractivity contribution in [3.63, 3.8) is 0 Å². The smallest absolute Gasteiger partial charge is 0.344 e. The van der Waals surface area contributed by atoms with Crippen molar-refractivity contribution in [3.05, 3.63) is 102 Å². The minimum Gasteiger partial charge on any atom is -0.489 e. The number of pyridine rings is 1. The molecule has 0 bridgehead atoms. The standard InChI is InChI=1S/C27H23NO4/c1-19(27(29)30)32-26-12-5-3-9-22(26)18-31-24-10-6-7-20(17-24)13-15-23-16-14-21-8-2-4-11-25(21)28-23/h2-17,19H,18H2,1H3,(H,29,30)/b15-13+. The summed E-state index contributed by atoms with van der Waals surface area (Å²) < 4.78 is 11.5. The van der Waals surface area contributed by atoms with E-state index in [1.165, 1.54) is 6.92 Å². The van der Waals surface area contributed by atoms with Gasteiger partial charge in [0.15, 0.2) is 6.10 Å². The highest BCUT2D eigenvalue weighted by Crippen LogP contribution is 2.23.